The topological polar surface area (TPSA) is 68.5 Å². The van der Waals surface area contributed by atoms with Gasteiger partial charge in [0.15, 0.2) is 5.82 Å². The summed E-state index contributed by atoms with van der Waals surface area (Å²) >= 11 is 0. The van der Waals surface area contributed by atoms with E-state index < -0.39 is 6.61 Å². The van der Waals surface area contributed by atoms with Crippen molar-refractivity contribution in [3.63, 3.8) is 0 Å². The minimum atomic E-state index is -2.85. The van der Waals surface area contributed by atoms with Crippen molar-refractivity contribution in [2.45, 2.75) is 45.8 Å². The van der Waals surface area contributed by atoms with Gasteiger partial charge in [-0.05, 0) is 24.1 Å². The van der Waals surface area contributed by atoms with Crippen molar-refractivity contribution in [1.82, 2.24) is 15.0 Å². The van der Waals surface area contributed by atoms with Crippen LogP contribution in [0, 0.1) is 0 Å². The van der Waals surface area contributed by atoms with E-state index in [2.05, 4.69) is 14.9 Å². The number of carbonyl (C=O) groups is 1. The van der Waals surface area contributed by atoms with E-state index in [0.29, 0.717) is 43.9 Å². The summed E-state index contributed by atoms with van der Waals surface area (Å²) in [6, 6.07) is 6.24. The van der Waals surface area contributed by atoms with E-state index in [1.165, 1.54) is 12.1 Å². The van der Waals surface area contributed by atoms with E-state index >= 15 is 0 Å². The molecule has 0 aliphatic heterocycles. The molecule has 2 aromatic rings. The normalized spacial score (nSPS) is 10.9. The lowest BCUT2D eigenvalue weighted by Crippen LogP contribution is -2.26. The molecule has 0 bridgehead atoms. The van der Waals surface area contributed by atoms with Crippen LogP contribution in [-0.2, 0) is 24.2 Å². The number of carbonyl (C=O) groups excluding carboxylic acids is 1. The van der Waals surface area contributed by atoms with E-state index in [-0.39, 0.29) is 11.7 Å². The molecule has 1 heterocycles. The molecule has 0 radical (unpaired) electrons. The van der Waals surface area contributed by atoms with Crippen molar-refractivity contribution >= 4 is 5.91 Å². The van der Waals surface area contributed by atoms with E-state index in [1.54, 1.807) is 24.1 Å². The van der Waals surface area contributed by atoms with Gasteiger partial charge in [-0.3, -0.25) is 4.79 Å². The second-order valence-electron chi connectivity index (χ2n) is 5.58. The molecule has 1 aromatic carbocycles. The Hall–Kier alpha value is -2.51. The van der Waals surface area contributed by atoms with Crippen molar-refractivity contribution < 1.29 is 22.8 Å². The average Bonchev–Trinajstić information content (AvgIpc) is 3.04. The molecule has 2 rings (SSSR count). The zero-order valence-electron chi connectivity index (χ0n) is 14.2. The van der Waals surface area contributed by atoms with Gasteiger partial charge in [0.1, 0.15) is 5.75 Å². The largest absolute Gasteiger partial charge is 0.435 e. The van der Waals surface area contributed by atoms with Gasteiger partial charge in [0.25, 0.3) is 0 Å². The summed E-state index contributed by atoms with van der Waals surface area (Å²) in [5.74, 6) is 1.29. The van der Waals surface area contributed by atoms with Crippen molar-refractivity contribution in [2.24, 2.45) is 0 Å². The van der Waals surface area contributed by atoms with Gasteiger partial charge >= 0.3 is 6.61 Å². The molecule has 0 atom stereocenters. The summed E-state index contributed by atoms with van der Waals surface area (Å²) in [5.41, 5.74) is 0.835. The van der Waals surface area contributed by atoms with Gasteiger partial charge in [-0.1, -0.05) is 24.2 Å². The number of amides is 1. The number of nitrogens with zero attached hydrogens (tertiary/aromatic N) is 3. The van der Waals surface area contributed by atoms with Crippen molar-refractivity contribution in [2.75, 3.05) is 7.05 Å². The molecule has 0 aliphatic carbocycles. The standard InChI is InChI=1S/C17H21F2N3O3/c1-3-14-20-15(25-21-14)5-4-6-16(23)22(2)11-12-7-9-13(10-8-12)24-17(18)19/h7-10,17H,3-6,11H2,1-2H3. The van der Waals surface area contributed by atoms with Crippen molar-refractivity contribution in [1.29, 1.82) is 0 Å². The predicted molar refractivity (Wildman–Crippen MR) is 86.2 cm³/mol. The Morgan fingerprint density at radius 1 is 1.32 bits per heavy atom. The molecule has 6 nitrogen and oxygen atoms in total. The first-order chi connectivity index (χ1) is 12.0. The highest BCUT2D eigenvalue weighted by Gasteiger charge is 2.11. The summed E-state index contributed by atoms with van der Waals surface area (Å²) in [6.07, 6.45) is 2.27. The molecule has 1 aromatic heterocycles. The van der Waals surface area contributed by atoms with Crippen LogP contribution < -0.4 is 4.74 Å². The molecule has 0 saturated heterocycles. The maximum atomic E-state index is 12.1. The van der Waals surface area contributed by atoms with Gasteiger partial charge in [0.2, 0.25) is 11.8 Å². The summed E-state index contributed by atoms with van der Waals surface area (Å²) in [5, 5.41) is 3.81. The van der Waals surface area contributed by atoms with Crippen LogP contribution in [0.5, 0.6) is 5.75 Å². The highest BCUT2D eigenvalue weighted by Crippen LogP contribution is 2.16. The fourth-order valence-electron chi connectivity index (χ4n) is 2.26. The van der Waals surface area contributed by atoms with Gasteiger partial charge in [-0.15, -0.1) is 0 Å². The Kier molecular flexibility index (Phi) is 6.85. The Morgan fingerprint density at radius 3 is 2.64 bits per heavy atom. The number of aryl methyl sites for hydroxylation is 2. The number of alkyl halides is 2. The molecule has 0 N–H and O–H groups in total. The van der Waals surface area contributed by atoms with Crippen LogP contribution >= 0.6 is 0 Å². The van der Waals surface area contributed by atoms with Gasteiger partial charge in [-0.25, -0.2) is 0 Å². The first-order valence-corrected chi connectivity index (χ1v) is 8.07. The molecule has 0 unspecified atom stereocenters. The third-order valence-corrected chi connectivity index (χ3v) is 3.60. The van der Waals surface area contributed by atoms with Crippen LogP contribution in [0.15, 0.2) is 28.8 Å². The number of hydrogen-bond donors (Lipinski definition) is 0. The smallest absolute Gasteiger partial charge is 0.387 e. The maximum absolute atomic E-state index is 12.1. The van der Waals surface area contributed by atoms with Crippen molar-refractivity contribution in [3.05, 3.63) is 41.5 Å². The number of benzene rings is 1. The molecular weight excluding hydrogens is 332 g/mol. The van der Waals surface area contributed by atoms with E-state index in [9.17, 15) is 13.6 Å². The molecule has 1 amide bonds. The minimum absolute atomic E-state index is 0.0110. The van der Waals surface area contributed by atoms with Crippen LogP contribution in [0.4, 0.5) is 8.78 Å². The lowest BCUT2D eigenvalue weighted by Gasteiger charge is -2.17. The number of rotatable bonds is 9. The second kappa shape index (κ2) is 9.10. The van der Waals surface area contributed by atoms with Crippen LogP contribution in [0.25, 0.3) is 0 Å². The summed E-state index contributed by atoms with van der Waals surface area (Å²) in [7, 11) is 1.70. The summed E-state index contributed by atoms with van der Waals surface area (Å²) < 4.78 is 33.6. The van der Waals surface area contributed by atoms with Crippen LogP contribution in [-0.4, -0.2) is 34.6 Å². The zero-order valence-corrected chi connectivity index (χ0v) is 14.2. The zero-order chi connectivity index (χ0) is 18.2. The van der Waals surface area contributed by atoms with E-state index in [0.717, 1.165) is 5.56 Å². The molecule has 25 heavy (non-hydrogen) atoms. The molecule has 0 aliphatic rings. The molecule has 8 heteroatoms. The van der Waals surface area contributed by atoms with E-state index in [4.69, 9.17) is 4.52 Å². The fourth-order valence-corrected chi connectivity index (χ4v) is 2.26. The van der Waals surface area contributed by atoms with Gasteiger partial charge in [0.05, 0.1) is 0 Å². The summed E-state index contributed by atoms with van der Waals surface area (Å²) in [6.45, 7) is -0.504. The Balaban J connectivity index is 1.75. The second-order valence-corrected chi connectivity index (χ2v) is 5.58. The van der Waals surface area contributed by atoms with Gasteiger partial charge in [-0.2, -0.15) is 13.8 Å². The van der Waals surface area contributed by atoms with Gasteiger partial charge < -0.3 is 14.2 Å². The molecule has 0 saturated carbocycles. The first-order valence-electron chi connectivity index (χ1n) is 8.07. The molecule has 136 valence electrons. The number of halogens is 2. The van der Waals surface area contributed by atoms with Gasteiger partial charge in [0, 0.05) is 32.9 Å². The monoisotopic (exact) mass is 353 g/mol. The quantitative estimate of drug-likeness (QED) is 0.692. The minimum Gasteiger partial charge on any atom is -0.435 e. The Bertz CT molecular complexity index is 674. The third-order valence-electron chi connectivity index (χ3n) is 3.60. The third kappa shape index (κ3) is 6.13. The van der Waals surface area contributed by atoms with Crippen molar-refractivity contribution in [3.8, 4) is 5.75 Å². The highest BCUT2D eigenvalue weighted by molar-refractivity contribution is 5.75. The number of hydrogen-bond acceptors (Lipinski definition) is 5. The Labute approximate surface area is 144 Å². The highest BCUT2D eigenvalue weighted by atomic mass is 19.3. The summed E-state index contributed by atoms with van der Waals surface area (Å²) in [4.78, 5) is 17.9. The Morgan fingerprint density at radius 2 is 2.04 bits per heavy atom. The lowest BCUT2D eigenvalue weighted by atomic mass is 10.2. The van der Waals surface area contributed by atoms with E-state index in [1.807, 2.05) is 6.92 Å². The van der Waals surface area contributed by atoms with Crippen LogP contribution in [0.3, 0.4) is 0 Å². The molecular formula is C17H21F2N3O3. The molecule has 0 spiro atoms. The first kappa shape index (κ1) is 18.8. The lowest BCUT2D eigenvalue weighted by molar-refractivity contribution is -0.130. The van der Waals surface area contributed by atoms with Crippen LogP contribution in [0.2, 0.25) is 0 Å². The fraction of sp³-hybridized carbons (Fsp3) is 0.471. The average molecular weight is 353 g/mol. The maximum Gasteiger partial charge on any atom is 0.387 e. The predicted octanol–water partition coefficient (Wildman–Crippen LogP) is 3.21. The number of ether oxygens (including phenoxy) is 1. The SMILES string of the molecule is CCc1noc(CCCC(=O)N(C)Cc2ccc(OC(F)F)cc2)n1. The number of aromatic nitrogens is 2. The van der Waals surface area contributed by atoms with Crippen LogP contribution in [0.1, 0.15) is 37.0 Å². The molecule has 0 fully saturated rings.